The SMILES string of the molecule is CCCCCCCCCCCCCCCCC1(CCCCCCCCCCCCCCCC)c2cc(C)sc2-c2sc(C3=c4ccc5c6c(ccc5c4C(=O)N3C)=C(C)N(C)C6=O)cc21. The zero-order valence-corrected chi connectivity index (χ0v) is 43.3. The third-order valence-electron chi connectivity index (χ3n) is 15.7. The maximum Gasteiger partial charge on any atom is 0.259 e. The van der Waals surface area contributed by atoms with Gasteiger partial charge in [0, 0.05) is 50.3 Å². The monoisotopic (exact) mass is 917 g/mol. The molecule has 0 unspecified atom stereocenters. The van der Waals surface area contributed by atoms with Gasteiger partial charge in [0.1, 0.15) is 0 Å². The number of hydrogen-bond donors (Lipinski definition) is 0. The van der Waals surface area contributed by atoms with Crippen molar-refractivity contribution in [2.45, 2.75) is 226 Å². The molecule has 2 amide bonds. The minimum atomic E-state index is 0.0109. The first kappa shape index (κ1) is 49.7. The van der Waals surface area contributed by atoms with Gasteiger partial charge in [-0.2, -0.15) is 0 Å². The average Bonchev–Trinajstić information content (AvgIpc) is 4.08. The summed E-state index contributed by atoms with van der Waals surface area (Å²) < 4.78 is 0. The van der Waals surface area contributed by atoms with E-state index in [0.29, 0.717) is 0 Å². The molecule has 2 aliphatic heterocycles. The number of benzene rings is 2. The molecule has 6 heteroatoms. The van der Waals surface area contributed by atoms with Crippen molar-refractivity contribution in [2.24, 2.45) is 0 Å². The van der Waals surface area contributed by atoms with Crippen molar-refractivity contribution in [2.75, 3.05) is 14.1 Å². The fourth-order valence-electron chi connectivity index (χ4n) is 11.7. The number of hydrogen-bond acceptors (Lipinski definition) is 4. The number of thiophene rings is 2. The molecule has 4 nitrogen and oxygen atoms in total. The van der Waals surface area contributed by atoms with Gasteiger partial charge in [0.05, 0.1) is 21.7 Å². The number of carbonyl (C=O) groups is 2. The molecule has 0 saturated carbocycles. The molecule has 2 aromatic heterocycles. The number of carbonyl (C=O) groups excluding carboxylic acids is 2. The Hall–Kier alpha value is -3.22. The van der Waals surface area contributed by atoms with Gasteiger partial charge < -0.3 is 9.80 Å². The number of fused-ring (bicyclic) bond motifs is 8. The molecule has 4 aromatic rings. The maximum atomic E-state index is 14.3. The van der Waals surface area contributed by atoms with Gasteiger partial charge in [-0.15, -0.1) is 22.7 Å². The molecule has 354 valence electrons. The van der Waals surface area contributed by atoms with E-state index < -0.39 is 0 Å². The lowest BCUT2D eigenvalue weighted by atomic mass is 9.71. The summed E-state index contributed by atoms with van der Waals surface area (Å²) >= 11 is 3.90. The van der Waals surface area contributed by atoms with Crippen LogP contribution in [0, 0.1) is 6.92 Å². The van der Waals surface area contributed by atoms with Crippen LogP contribution in [0.5, 0.6) is 0 Å². The van der Waals surface area contributed by atoms with E-state index >= 15 is 0 Å². The number of nitrogens with zero attached hydrogens (tertiary/aromatic N) is 2. The van der Waals surface area contributed by atoms with E-state index in [2.05, 4.69) is 51.1 Å². The van der Waals surface area contributed by atoms with Gasteiger partial charge in [-0.25, -0.2) is 0 Å². The summed E-state index contributed by atoms with van der Waals surface area (Å²) in [5.41, 5.74) is 6.61. The highest BCUT2D eigenvalue weighted by atomic mass is 32.1. The predicted octanol–water partition coefficient (Wildman–Crippen LogP) is 16.7. The zero-order chi connectivity index (χ0) is 45.8. The van der Waals surface area contributed by atoms with E-state index in [1.165, 1.54) is 218 Å². The van der Waals surface area contributed by atoms with Crippen LogP contribution in [0.25, 0.3) is 31.9 Å². The molecule has 65 heavy (non-hydrogen) atoms. The Bertz CT molecular complexity index is 2310. The van der Waals surface area contributed by atoms with E-state index in [-0.39, 0.29) is 17.2 Å². The summed E-state index contributed by atoms with van der Waals surface area (Å²) in [6.07, 6.45) is 41.2. The van der Waals surface area contributed by atoms with Crippen molar-refractivity contribution in [3.63, 3.8) is 0 Å². The molecule has 4 heterocycles. The van der Waals surface area contributed by atoms with Crippen molar-refractivity contribution < 1.29 is 9.59 Å². The van der Waals surface area contributed by atoms with Crippen LogP contribution < -0.4 is 10.4 Å². The molecule has 0 fully saturated rings. The first-order chi connectivity index (χ1) is 31.7. The Kier molecular flexibility index (Phi) is 18.5. The van der Waals surface area contributed by atoms with Gasteiger partial charge in [-0.3, -0.25) is 9.59 Å². The Morgan fingerprint density at radius 2 is 0.846 bits per heavy atom. The second-order valence-electron chi connectivity index (χ2n) is 20.5. The summed E-state index contributed by atoms with van der Waals surface area (Å²) in [7, 11) is 3.80. The lowest BCUT2D eigenvalue weighted by Crippen LogP contribution is -2.25. The summed E-state index contributed by atoms with van der Waals surface area (Å²) in [5, 5.41) is 3.73. The van der Waals surface area contributed by atoms with Crippen molar-refractivity contribution in [1.82, 2.24) is 9.80 Å². The van der Waals surface area contributed by atoms with E-state index in [1.54, 1.807) is 10.5 Å². The highest BCUT2D eigenvalue weighted by Gasteiger charge is 2.46. The average molecular weight is 917 g/mol. The zero-order valence-electron chi connectivity index (χ0n) is 41.7. The summed E-state index contributed by atoms with van der Waals surface area (Å²) in [6.45, 7) is 8.92. The van der Waals surface area contributed by atoms with Gasteiger partial charge in [0.2, 0.25) is 0 Å². The van der Waals surface area contributed by atoms with Crippen molar-refractivity contribution in [1.29, 1.82) is 0 Å². The predicted molar refractivity (Wildman–Crippen MR) is 282 cm³/mol. The molecule has 7 rings (SSSR count). The molecule has 0 bridgehead atoms. The van der Waals surface area contributed by atoms with Crippen molar-refractivity contribution in [3.05, 3.63) is 78.8 Å². The molecule has 0 N–H and O–H groups in total. The highest BCUT2D eigenvalue weighted by molar-refractivity contribution is 7.23. The number of aryl methyl sites for hydroxylation is 1. The summed E-state index contributed by atoms with van der Waals surface area (Å²) in [5.74, 6) is 0.0362. The van der Waals surface area contributed by atoms with E-state index in [9.17, 15) is 9.59 Å². The number of unbranched alkanes of at least 4 members (excludes halogenated alkanes) is 26. The molecule has 2 aromatic carbocycles. The lowest BCUT2D eigenvalue weighted by Gasteiger charge is -2.31. The van der Waals surface area contributed by atoms with E-state index in [1.807, 2.05) is 54.7 Å². The van der Waals surface area contributed by atoms with E-state index in [4.69, 9.17) is 0 Å². The number of amides is 2. The molecule has 0 spiro atoms. The van der Waals surface area contributed by atoms with Gasteiger partial charge in [-0.05, 0) is 60.7 Å². The minimum absolute atomic E-state index is 0.0109. The van der Waals surface area contributed by atoms with Gasteiger partial charge >= 0.3 is 0 Å². The second-order valence-corrected chi connectivity index (χ2v) is 22.8. The van der Waals surface area contributed by atoms with Crippen LogP contribution in [0.3, 0.4) is 0 Å². The van der Waals surface area contributed by atoms with Gasteiger partial charge in [0.25, 0.3) is 11.8 Å². The van der Waals surface area contributed by atoms with Crippen LogP contribution in [0.1, 0.15) is 255 Å². The Balaban J connectivity index is 1.06. The highest BCUT2D eigenvalue weighted by Crippen LogP contribution is 2.60. The van der Waals surface area contributed by atoms with Gasteiger partial charge in [-0.1, -0.05) is 218 Å². The maximum absolute atomic E-state index is 14.3. The first-order valence-electron chi connectivity index (χ1n) is 26.9. The van der Waals surface area contributed by atoms with Crippen LogP contribution in [-0.2, 0) is 5.41 Å². The second kappa shape index (κ2) is 24.2. The third kappa shape index (κ3) is 11.2. The standard InChI is InChI=1S/C59H84N2O2S2/c1-7-9-11-13-15-17-19-21-23-25-27-29-31-33-39-59(40-34-32-30-28-26-24-22-20-18-16-14-12-10-8-2)49-41-43(3)64-55(49)56-50(59)42-51(65-56)54-48-38-37-46-47(53(48)58(63)61(54)6)36-35-45-44(4)60(5)57(62)52(45)46/h35-38,41-42H,7-34,39-40H2,1-6H3. The van der Waals surface area contributed by atoms with Crippen molar-refractivity contribution >= 4 is 56.7 Å². The largest absolute Gasteiger partial charge is 0.315 e. The Labute approximate surface area is 402 Å². The third-order valence-corrected chi connectivity index (χ3v) is 18.1. The topological polar surface area (TPSA) is 40.6 Å². The fraction of sp³-hybridized carbons (Fsp3) is 0.627. The first-order valence-corrected chi connectivity index (χ1v) is 28.5. The molecule has 1 aliphatic carbocycles. The van der Waals surface area contributed by atoms with Crippen LogP contribution in [-0.4, -0.2) is 35.7 Å². The molecule has 0 radical (unpaired) electrons. The lowest BCUT2D eigenvalue weighted by molar-refractivity contribution is 0.0862. The molecule has 0 atom stereocenters. The van der Waals surface area contributed by atoms with Crippen molar-refractivity contribution in [3.8, 4) is 9.75 Å². The molecular formula is C59H84N2O2S2. The Morgan fingerprint density at radius 3 is 1.32 bits per heavy atom. The fourth-order valence-corrected chi connectivity index (χ4v) is 14.4. The minimum Gasteiger partial charge on any atom is -0.315 e. The van der Waals surface area contributed by atoms with Crippen LogP contribution in [0.2, 0.25) is 0 Å². The van der Waals surface area contributed by atoms with Crippen LogP contribution in [0.4, 0.5) is 0 Å². The van der Waals surface area contributed by atoms with Gasteiger partial charge in [0.15, 0.2) is 0 Å². The molecule has 3 aliphatic rings. The summed E-state index contributed by atoms with van der Waals surface area (Å²) in [6, 6.07) is 13.4. The molecular weight excluding hydrogens is 833 g/mol. The van der Waals surface area contributed by atoms with Crippen LogP contribution >= 0.6 is 22.7 Å². The Morgan fingerprint density at radius 1 is 0.462 bits per heavy atom. The number of rotatable bonds is 31. The van der Waals surface area contributed by atoms with Crippen LogP contribution in [0.15, 0.2) is 36.4 Å². The van der Waals surface area contributed by atoms with E-state index in [0.717, 1.165) is 43.7 Å². The summed E-state index contributed by atoms with van der Waals surface area (Å²) in [4.78, 5) is 37.0. The normalized spacial score (nSPS) is 15.0. The molecule has 0 saturated heterocycles. The smallest absolute Gasteiger partial charge is 0.259 e. The quantitative estimate of drug-likeness (QED) is 0.0472.